The van der Waals surface area contributed by atoms with Crippen LogP contribution in [0.4, 0.5) is 5.69 Å². The van der Waals surface area contributed by atoms with Crippen molar-refractivity contribution in [2.45, 2.75) is 18.2 Å². The third-order valence-electron chi connectivity index (χ3n) is 4.69. The highest BCUT2D eigenvalue weighted by Gasteiger charge is 2.38. The minimum atomic E-state index is -3.95. The highest BCUT2D eigenvalue weighted by Crippen LogP contribution is 2.37. The highest BCUT2D eigenvalue weighted by molar-refractivity contribution is 7.92. The molecule has 2 aromatic rings. The van der Waals surface area contributed by atoms with Crippen molar-refractivity contribution in [1.29, 1.82) is 0 Å². The molecule has 1 fully saturated rings. The number of carbonyl (C=O) groups is 3. The molecule has 11 heteroatoms. The molecular formula is C20H21ClN4O5S. The molecule has 0 heterocycles. The lowest BCUT2D eigenvalue weighted by atomic mass is 10.2. The quantitative estimate of drug-likeness (QED) is 0.462. The molecule has 0 unspecified atom stereocenters. The number of rotatable bonds is 7. The number of nitrogens with one attached hydrogen (secondary N) is 4. The average molecular weight is 465 g/mol. The molecular weight excluding hydrogens is 444 g/mol. The topological polar surface area (TPSA) is 133 Å². The van der Waals surface area contributed by atoms with E-state index in [0.29, 0.717) is 16.6 Å². The third-order valence-corrected chi connectivity index (χ3v) is 6.32. The Morgan fingerprint density at radius 2 is 1.74 bits per heavy atom. The first-order valence-corrected chi connectivity index (χ1v) is 11.3. The fraction of sp³-hybridized carbons (Fsp3) is 0.250. The van der Waals surface area contributed by atoms with Crippen molar-refractivity contribution in [1.82, 2.24) is 16.2 Å². The minimum absolute atomic E-state index is 0.0233. The second-order valence-electron chi connectivity index (χ2n) is 7.18. The molecule has 4 N–H and O–H groups in total. The zero-order valence-corrected chi connectivity index (χ0v) is 18.1. The molecule has 31 heavy (non-hydrogen) atoms. The molecule has 0 aromatic heterocycles. The van der Waals surface area contributed by atoms with Gasteiger partial charge in [0.2, 0.25) is 5.91 Å². The van der Waals surface area contributed by atoms with E-state index < -0.39 is 21.8 Å². The maximum Gasteiger partial charge on any atom is 0.269 e. The van der Waals surface area contributed by atoms with Gasteiger partial charge in [-0.05, 0) is 54.8 Å². The Labute approximate surface area is 184 Å². The summed E-state index contributed by atoms with van der Waals surface area (Å²) in [6.45, 7) is 1.67. The van der Waals surface area contributed by atoms with Gasteiger partial charge in [0.05, 0.1) is 11.4 Å². The molecule has 2 aromatic carbocycles. The van der Waals surface area contributed by atoms with Gasteiger partial charge in [-0.2, -0.15) is 0 Å². The van der Waals surface area contributed by atoms with Crippen LogP contribution in [-0.2, 0) is 19.6 Å². The van der Waals surface area contributed by atoms with Crippen LogP contribution in [0.2, 0.25) is 5.02 Å². The van der Waals surface area contributed by atoms with Gasteiger partial charge in [-0.15, -0.1) is 0 Å². The van der Waals surface area contributed by atoms with E-state index in [1.54, 1.807) is 12.1 Å². The van der Waals surface area contributed by atoms with Crippen molar-refractivity contribution in [2.75, 3.05) is 11.3 Å². The minimum Gasteiger partial charge on any atom is -0.347 e. The summed E-state index contributed by atoms with van der Waals surface area (Å²) in [6, 6.07) is 11.4. The van der Waals surface area contributed by atoms with Gasteiger partial charge < -0.3 is 5.32 Å². The SMILES string of the molecule is C[C@H]1C[C@@H]1C(=O)NCC(=O)NNC(=O)c1cccc(S(=O)(=O)Nc2ccc(Cl)cc2)c1. The first-order chi connectivity index (χ1) is 14.7. The fourth-order valence-electron chi connectivity index (χ4n) is 2.77. The van der Waals surface area contributed by atoms with Gasteiger partial charge in [0.25, 0.3) is 21.8 Å². The predicted molar refractivity (Wildman–Crippen MR) is 115 cm³/mol. The molecule has 1 saturated carbocycles. The molecule has 0 spiro atoms. The van der Waals surface area contributed by atoms with E-state index in [1.165, 1.54) is 36.4 Å². The Morgan fingerprint density at radius 1 is 1.06 bits per heavy atom. The fourth-order valence-corrected chi connectivity index (χ4v) is 4.00. The van der Waals surface area contributed by atoms with Gasteiger partial charge in [0.1, 0.15) is 0 Å². The first kappa shape index (κ1) is 22.6. The largest absolute Gasteiger partial charge is 0.347 e. The lowest BCUT2D eigenvalue weighted by Crippen LogP contribution is -2.46. The summed E-state index contributed by atoms with van der Waals surface area (Å²) in [5.41, 5.74) is 4.71. The second kappa shape index (κ2) is 9.36. The number of hydrogen-bond acceptors (Lipinski definition) is 5. The number of carbonyl (C=O) groups excluding carboxylic acids is 3. The van der Waals surface area contributed by atoms with Gasteiger partial charge in [-0.1, -0.05) is 24.6 Å². The van der Waals surface area contributed by atoms with Crippen molar-refractivity contribution in [3.63, 3.8) is 0 Å². The first-order valence-electron chi connectivity index (χ1n) is 9.41. The van der Waals surface area contributed by atoms with E-state index in [-0.39, 0.29) is 28.8 Å². The Balaban J connectivity index is 1.56. The summed E-state index contributed by atoms with van der Waals surface area (Å²) in [6.07, 6.45) is 0.802. The van der Waals surface area contributed by atoms with Crippen LogP contribution >= 0.6 is 11.6 Å². The average Bonchev–Trinajstić information content (AvgIpc) is 3.48. The zero-order chi connectivity index (χ0) is 22.6. The van der Waals surface area contributed by atoms with Crippen molar-refractivity contribution in [3.05, 3.63) is 59.1 Å². The van der Waals surface area contributed by atoms with Crippen LogP contribution in [0, 0.1) is 11.8 Å². The number of benzene rings is 2. The van der Waals surface area contributed by atoms with Gasteiger partial charge in [-0.3, -0.25) is 30.0 Å². The Morgan fingerprint density at radius 3 is 2.39 bits per heavy atom. The number of amides is 3. The monoisotopic (exact) mass is 464 g/mol. The number of anilines is 1. The summed E-state index contributed by atoms with van der Waals surface area (Å²) in [7, 11) is -3.95. The Bertz CT molecular complexity index is 1100. The van der Waals surface area contributed by atoms with Crippen LogP contribution in [0.3, 0.4) is 0 Å². The molecule has 164 valence electrons. The molecule has 9 nitrogen and oxygen atoms in total. The van der Waals surface area contributed by atoms with Gasteiger partial charge >= 0.3 is 0 Å². The van der Waals surface area contributed by atoms with E-state index in [1.807, 2.05) is 6.92 Å². The molecule has 3 rings (SSSR count). The molecule has 0 bridgehead atoms. The van der Waals surface area contributed by atoms with Crippen LogP contribution in [0.1, 0.15) is 23.7 Å². The van der Waals surface area contributed by atoms with Crippen LogP contribution in [-0.4, -0.2) is 32.7 Å². The molecule has 1 aliphatic rings. The Kier molecular flexibility index (Phi) is 6.81. The number of sulfonamides is 1. The molecule has 0 radical (unpaired) electrons. The summed E-state index contributed by atoms with van der Waals surface area (Å²) in [4.78, 5) is 35.7. The number of hydrogen-bond donors (Lipinski definition) is 4. The second-order valence-corrected chi connectivity index (χ2v) is 9.30. The predicted octanol–water partition coefficient (Wildman–Crippen LogP) is 1.67. The van der Waals surface area contributed by atoms with E-state index >= 15 is 0 Å². The molecule has 1 aliphatic carbocycles. The summed E-state index contributed by atoms with van der Waals surface area (Å²) in [5, 5.41) is 2.96. The van der Waals surface area contributed by atoms with Gasteiger partial charge in [0, 0.05) is 22.2 Å². The lowest BCUT2D eigenvalue weighted by Gasteiger charge is -2.11. The third kappa shape index (κ3) is 6.19. The van der Waals surface area contributed by atoms with Crippen LogP contribution in [0.15, 0.2) is 53.4 Å². The molecule has 2 atom stereocenters. The van der Waals surface area contributed by atoms with Gasteiger partial charge in [-0.25, -0.2) is 8.42 Å². The van der Waals surface area contributed by atoms with Gasteiger partial charge in [0.15, 0.2) is 0 Å². The summed E-state index contributed by atoms with van der Waals surface area (Å²) >= 11 is 5.79. The maximum absolute atomic E-state index is 12.6. The van der Waals surface area contributed by atoms with Crippen LogP contribution < -0.4 is 20.9 Å². The van der Waals surface area contributed by atoms with E-state index in [4.69, 9.17) is 11.6 Å². The molecule has 0 aliphatic heterocycles. The van der Waals surface area contributed by atoms with E-state index in [0.717, 1.165) is 6.42 Å². The van der Waals surface area contributed by atoms with Crippen LogP contribution in [0.5, 0.6) is 0 Å². The zero-order valence-electron chi connectivity index (χ0n) is 16.5. The number of halogens is 1. The Hall–Kier alpha value is -3.11. The maximum atomic E-state index is 12.6. The standard InChI is InChI=1S/C20H21ClN4O5S/c1-12-9-17(12)20(28)22-11-18(26)23-24-19(27)13-3-2-4-16(10-13)31(29,30)25-15-7-5-14(21)6-8-15/h2-8,10,12,17,25H,9,11H2,1H3,(H,22,28)(H,23,26)(H,24,27)/t12-,17-/m0/s1. The normalized spacial score (nSPS) is 17.4. The molecule has 3 amide bonds. The molecule has 0 saturated heterocycles. The van der Waals surface area contributed by atoms with Crippen molar-refractivity contribution in [3.8, 4) is 0 Å². The highest BCUT2D eigenvalue weighted by atomic mass is 35.5. The summed E-state index contributed by atoms with van der Waals surface area (Å²) < 4.78 is 27.5. The van der Waals surface area contributed by atoms with Crippen molar-refractivity contribution >= 4 is 45.0 Å². The van der Waals surface area contributed by atoms with Crippen molar-refractivity contribution < 1.29 is 22.8 Å². The number of hydrazine groups is 1. The van der Waals surface area contributed by atoms with Crippen LogP contribution in [0.25, 0.3) is 0 Å². The van der Waals surface area contributed by atoms with Crippen molar-refractivity contribution in [2.24, 2.45) is 11.8 Å². The smallest absolute Gasteiger partial charge is 0.269 e. The lowest BCUT2D eigenvalue weighted by molar-refractivity contribution is -0.127. The van der Waals surface area contributed by atoms with E-state index in [2.05, 4.69) is 20.9 Å². The van der Waals surface area contributed by atoms with E-state index in [9.17, 15) is 22.8 Å². The summed E-state index contributed by atoms with van der Waals surface area (Å²) in [5.74, 6) is -1.25.